The summed E-state index contributed by atoms with van der Waals surface area (Å²) in [6.07, 6.45) is 0. The topological polar surface area (TPSA) is 31.4 Å². The van der Waals surface area contributed by atoms with Gasteiger partial charge in [-0.15, -0.1) is 0 Å². The van der Waals surface area contributed by atoms with Crippen LogP contribution in [0.15, 0.2) is 97.1 Å². The van der Waals surface area contributed by atoms with Crippen LogP contribution < -0.4 is 5.46 Å². The van der Waals surface area contributed by atoms with Crippen LogP contribution in [0.1, 0.15) is 27.7 Å². The Morgan fingerprint density at radius 2 is 1.11 bits per heavy atom. The molecule has 1 aromatic heterocycles. The van der Waals surface area contributed by atoms with Crippen molar-refractivity contribution in [1.29, 1.82) is 0 Å². The first-order chi connectivity index (χ1) is 17.8. The molecule has 0 atom stereocenters. The molecular formula is C33H28BNO2. The summed E-state index contributed by atoms with van der Waals surface area (Å²) in [5, 5.41) is 8.56. The normalized spacial score (nSPS) is 16.8. The highest BCUT2D eigenvalue weighted by Gasteiger charge is 2.51. The molecule has 1 fully saturated rings. The molecule has 0 aliphatic carbocycles. The van der Waals surface area contributed by atoms with Crippen LogP contribution >= 0.6 is 0 Å². The van der Waals surface area contributed by atoms with Crippen LogP contribution in [0.25, 0.3) is 54.5 Å². The van der Waals surface area contributed by atoms with Crippen LogP contribution in [0.3, 0.4) is 0 Å². The van der Waals surface area contributed by atoms with Crippen LogP contribution in [-0.4, -0.2) is 23.3 Å². The van der Waals surface area contributed by atoms with Crippen molar-refractivity contribution < 1.29 is 9.31 Å². The predicted molar refractivity (Wildman–Crippen MR) is 155 cm³/mol. The van der Waals surface area contributed by atoms with Gasteiger partial charge in [0.1, 0.15) is 0 Å². The molecule has 0 radical (unpaired) electrons. The number of fused-ring (bicyclic) bond motifs is 8. The van der Waals surface area contributed by atoms with Gasteiger partial charge in [0.25, 0.3) is 0 Å². The lowest BCUT2D eigenvalue weighted by Crippen LogP contribution is -2.41. The number of rotatable bonds is 2. The summed E-state index contributed by atoms with van der Waals surface area (Å²) in [4.78, 5) is 5.27. The maximum atomic E-state index is 6.38. The van der Waals surface area contributed by atoms with Crippen molar-refractivity contribution in [3.05, 3.63) is 97.1 Å². The first-order valence-electron chi connectivity index (χ1n) is 12.9. The molecule has 180 valence electrons. The van der Waals surface area contributed by atoms with E-state index >= 15 is 0 Å². The van der Waals surface area contributed by atoms with Gasteiger partial charge in [0.05, 0.1) is 22.4 Å². The zero-order chi connectivity index (χ0) is 25.4. The molecule has 0 amide bonds. The van der Waals surface area contributed by atoms with Crippen LogP contribution in [0.4, 0.5) is 0 Å². The summed E-state index contributed by atoms with van der Waals surface area (Å²) in [5.74, 6) is 0. The lowest BCUT2D eigenvalue weighted by molar-refractivity contribution is 0.00578. The van der Waals surface area contributed by atoms with Crippen molar-refractivity contribution in [1.82, 2.24) is 4.98 Å². The van der Waals surface area contributed by atoms with E-state index in [4.69, 9.17) is 14.3 Å². The minimum Gasteiger partial charge on any atom is -0.399 e. The molecule has 37 heavy (non-hydrogen) atoms. The molecule has 6 aromatic rings. The van der Waals surface area contributed by atoms with Gasteiger partial charge in [0.15, 0.2) is 0 Å². The van der Waals surface area contributed by atoms with Gasteiger partial charge in [-0.3, -0.25) is 0 Å². The van der Waals surface area contributed by atoms with Gasteiger partial charge in [0.2, 0.25) is 0 Å². The second-order valence-electron chi connectivity index (χ2n) is 11.0. The third-order valence-corrected chi connectivity index (χ3v) is 8.26. The van der Waals surface area contributed by atoms with Crippen LogP contribution in [0.2, 0.25) is 0 Å². The Morgan fingerprint density at radius 3 is 1.76 bits per heavy atom. The van der Waals surface area contributed by atoms with Gasteiger partial charge in [-0.2, -0.15) is 0 Å². The van der Waals surface area contributed by atoms with E-state index in [-0.39, 0.29) is 0 Å². The third-order valence-electron chi connectivity index (χ3n) is 8.26. The zero-order valence-electron chi connectivity index (χ0n) is 21.6. The Morgan fingerprint density at radius 1 is 0.568 bits per heavy atom. The van der Waals surface area contributed by atoms with Crippen molar-refractivity contribution in [2.45, 2.75) is 38.9 Å². The number of hydrogen-bond acceptors (Lipinski definition) is 3. The Kier molecular flexibility index (Phi) is 4.79. The molecule has 0 spiro atoms. The standard InChI is InChI=1S/C33H28BNO2/c1-32(2)33(3,4)37-34(36-32)22-13-11-12-21(20-22)31-30-26-17-8-6-15-24(26)23-14-5-7-16-25(23)29(30)27-18-9-10-19-28(27)35-31/h5-20H,1-4H3. The van der Waals surface area contributed by atoms with Crippen molar-refractivity contribution >= 4 is 55.8 Å². The Balaban J connectivity index is 1.57. The minimum atomic E-state index is -0.422. The fourth-order valence-electron chi connectivity index (χ4n) is 5.65. The lowest BCUT2D eigenvalue weighted by atomic mass is 9.78. The lowest BCUT2D eigenvalue weighted by Gasteiger charge is -2.32. The SMILES string of the molecule is CC1(C)OB(c2cccc(-c3nc4ccccc4c4c5ccccc5c5ccccc5c34)c2)OC1(C)C. The molecule has 4 heteroatoms. The van der Waals surface area contributed by atoms with Crippen LogP contribution in [0.5, 0.6) is 0 Å². The smallest absolute Gasteiger partial charge is 0.399 e. The molecule has 0 unspecified atom stereocenters. The second-order valence-corrected chi connectivity index (χ2v) is 11.0. The number of pyridine rings is 1. The molecule has 0 saturated carbocycles. The molecule has 1 saturated heterocycles. The first-order valence-corrected chi connectivity index (χ1v) is 12.9. The summed E-state index contributed by atoms with van der Waals surface area (Å²) >= 11 is 0. The zero-order valence-corrected chi connectivity index (χ0v) is 21.6. The number of hydrogen-bond donors (Lipinski definition) is 0. The molecule has 1 aliphatic rings. The number of para-hydroxylation sites is 1. The van der Waals surface area contributed by atoms with E-state index in [1.807, 2.05) is 0 Å². The van der Waals surface area contributed by atoms with Gasteiger partial charge in [-0.1, -0.05) is 91.0 Å². The average Bonchev–Trinajstić information content (AvgIpc) is 3.14. The molecule has 5 aromatic carbocycles. The minimum absolute atomic E-state index is 0.392. The number of nitrogens with zero attached hydrogens (tertiary/aromatic N) is 1. The first kappa shape index (κ1) is 22.5. The molecule has 0 bridgehead atoms. The van der Waals surface area contributed by atoms with Gasteiger partial charge in [-0.05, 0) is 60.8 Å². The maximum Gasteiger partial charge on any atom is 0.494 e. The predicted octanol–water partition coefficient (Wildman–Crippen LogP) is 7.66. The quantitative estimate of drug-likeness (QED) is 0.188. The molecule has 0 N–H and O–H groups in total. The van der Waals surface area contributed by atoms with Gasteiger partial charge in [0, 0.05) is 21.7 Å². The fraction of sp³-hybridized carbons (Fsp3) is 0.182. The Bertz CT molecular complexity index is 1840. The van der Waals surface area contributed by atoms with E-state index in [0.717, 1.165) is 22.2 Å². The maximum absolute atomic E-state index is 6.38. The summed E-state index contributed by atoms with van der Waals surface area (Å²) < 4.78 is 12.8. The van der Waals surface area contributed by atoms with E-state index in [2.05, 4.69) is 125 Å². The highest BCUT2D eigenvalue weighted by atomic mass is 16.7. The molecule has 1 aliphatic heterocycles. The van der Waals surface area contributed by atoms with Crippen molar-refractivity contribution in [2.24, 2.45) is 0 Å². The highest BCUT2D eigenvalue weighted by Crippen LogP contribution is 2.42. The van der Waals surface area contributed by atoms with E-state index in [1.165, 1.54) is 37.7 Å². The molecular weight excluding hydrogens is 453 g/mol. The second kappa shape index (κ2) is 7.88. The third kappa shape index (κ3) is 3.33. The monoisotopic (exact) mass is 481 g/mol. The summed E-state index contributed by atoms with van der Waals surface area (Å²) in [7, 11) is -0.422. The summed E-state index contributed by atoms with van der Waals surface area (Å²) in [6, 6.07) is 34.4. The van der Waals surface area contributed by atoms with E-state index < -0.39 is 18.3 Å². The van der Waals surface area contributed by atoms with Gasteiger partial charge in [-0.25, -0.2) is 4.98 Å². The Labute approximate surface area is 217 Å². The van der Waals surface area contributed by atoms with E-state index in [1.54, 1.807) is 0 Å². The van der Waals surface area contributed by atoms with Crippen molar-refractivity contribution in [2.75, 3.05) is 0 Å². The van der Waals surface area contributed by atoms with Gasteiger partial charge >= 0.3 is 7.12 Å². The van der Waals surface area contributed by atoms with Crippen molar-refractivity contribution in [3.8, 4) is 11.3 Å². The highest BCUT2D eigenvalue weighted by molar-refractivity contribution is 6.62. The molecule has 2 heterocycles. The Hall–Kier alpha value is -3.73. The van der Waals surface area contributed by atoms with Crippen LogP contribution in [-0.2, 0) is 9.31 Å². The fourth-order valence-corrected chi connectivity index (χ4v) is 5.65. The number of benzene rings is 5. The van der Waals surface area contributed by atoms with Gasteiger partial charge < -0.3 is 9.31 Å². The van der Waals surface area contributed by atoms with Crippen LogP contribution in [0, 0.1) is 0 Å². The summed E-state index contributed by atoms with van der Waals surface area (Å²) in [6.45, 7) is 8.36. The van der Waals surface area contributed by atoms with E-state index in [0.29, 0.717) is 0 Å². The molecule has 7 rings (SSSR count). The molecule has 3 nitrogen and oxygen atoms in total. The average molecular weight is 481 g/mol. The van der Waals surface area contributed by atoms with E-state index in [9.17, 15) is 0 Å². The van der Waals surface area contributed by atoms with Crippen molar-refractivity contribution in [3.63, 3.8) is 0 Å². The summed E-state index contributed by atoms with van der Waals surface area (Å²) in [5.41, 5.74) is 3.25. The largest absolute Gasteiger partial charge is 0.494 e. The number of aromatic nitrogens is 1.